The third-order valence-corrected chi connectivity index (χ3v) is 6.24. The number of nitrogens with zero attached hydrogens (tertiary/aromatic N) is 3. The lowest BCUT2D eigenvalue weighted by molar-refractivity contribution is 0.0940. The van der Waals surface area contributed by atoms with Crippen LogP contribution in [-0.4, -0.2) is 44.3 Å². The summed E-state index contributed by atoms with van der Waals surface area (Å²) in [4.78, 5) is 36.5. The molecule has 5 aromatic rings. The fourth-order valence-electron chi connectivity index (χ4n) is 3.63. The zero-order valence-corrected chi connectivity index (χ0v) is 20.2. The van der Waals surface area contributed by atoms with Gasteiger partial charge in [0.25, 0.3) is 11.5 Å². The van der Waals surface area contributed by atoms with Crippen LogP contribution in [0.2, 0.25) is 0 Å². The number of ether oxygens (including phenoxy) is 2. The molecule has 0 radical (unpaired) electrons. The molecule has 3 heterocycles. The molecule has 188 valence electrons. The van der Waals surface area contributed by atoms with Crippen LogP contribution in [0.15, 0.2) is 65.0 Å². The summed E-state index contributed by atoms with van der Waals surface area (Å²) < 4.78 is 25.4. The van der Waals surface area contributed by atoms with Crippen LogP contribution < -0.4 is 20.3 Å². The van der Waals surface area contributed by atoms with Crippen molar-refractivity contribution >= 4 is 27.5 Å². The maximum Gasteiger partial charge on any atom is 0.312 e. The van der Waals surface area contributed by atoms with E-state index in [1.807, 2.05) is 24.3 Å². The first-order chi connectivity index (χ1) is 18.1. The van der Waals surface area contributed by atoms with Gasteiger partial charge in [-0.1, -0.05) is 30.3 Å². The Bertz CT molecular complexity index is 1580. The number of carbonyl (C=O) groups excluding carboxylic acids is 1. The second-order valence-electron chi connectivity index (χ2n) is 7.90. The predicted octanol–water partition coefficient (Wildman–Crippen LogP) is 3.69. The van der Waals surface area contributed by atoms with Crippen LogP contribution in [0.25, 0.3) is 21.3 Å². The highest BCUT2D eigenvalue weighted by Crippen LogP contribution is 2.32. The van der Waals surface area contributed by atoms with Gasteiger partial charge in [-0.3, -0.25) is 9.59 Å². The molecule has 0 fully saturated rings. The summed E-state index contributed by atoms with van der Waals surface area (Å²) in [5, 5.41) is 11.0. The van der Waals surface area contributed by atoms with Crippen molar-refractivity contribution in [1.29, 1.82) is 0 Å². The minimum atomic E-state index is -0.532. The van der Waals surface area contributed by atoms with Crippen molar-refractivity contribution in [2.24, 2.45) is 0 Å². The quantitative estimate of drug-likeness (QED) is 0.239. The van der Waals surface area contributed by atoms with Gasteiger partial charge in [-0.05, 0) is 23.8 Å². The topological polar surface area (TPSA) is 135 Å². The predicted molar refractivity (Wildman–Crippen MR) is 135 cm³/mol. The number of fused-ring (bicyclic) bond motifs is 1. The second kappa shape index (κ2) is 11.0. The molecule has 0 aliphatic rings. The van der Waals surface area contributed by atoms with Crippen molar-refractivity contribution in [2.75, 3.05) is 13.2 Å². The van der Waals surface area contributed by atoms with Gasteiger partial charge >= 0.3 is 6.01 Å². The van der Waals surface area contributed by atoms with Crippen LogP contribution in [-0.2, 0) is 6.54 Å². The SMILES string of the molecule is O=C(NCc1cccc(OCCCOc2ncn[nH]2)c1)c1nc2scc(-c3ccccc3F)c2c(=O)[nH]1. The number of amides is 1. The maximum absolute atomic E-state index is 14.3. The van der Waals surface area contributed by atoms with E-state index in [-0.39, 0.29) is 17.8 Å². The van der Waals surface area contributed by atoms with Crippen molar-refractivity contribution in [3.63, 3.8) is 0 Å². The Labute approximate surface area is 213 Å². The first kappa shape index (κ1) is 24.1. The lowest BCUT2D eigenvalue weighted by Gasteiger charge is -2.09. The summed E-state index contributed by atoms with van der Waals surface area (Å²) >= 11 is 1.18. The Morgan fingerprint density at radius 2 is 1.95 bits per heavy atom. The van der Waals surface area contributed by atoms with E-state index in [9.17, 15) is 14.0 Å². The molecule has 12 heteroatoms. The van der Waals surface area contributed by atoms with Crippen molar-refractivity contribution in [2.45, 2.75) is 13.0 Å². The number of nitrogens with one attached hydrogen (secondary N) is 3. The number of aromatic nitrogens is 5. The van der Waals surface area contributed by atoms with E-state index < -0.39 is 17.3 Å². The monoisotopic (exact) mass is 520 g/mol. The molecule has 0 saturated carbocycles. The maximum atomic E-state index is 14.3. The molecular weight excluding hydrogens is 499 g/mol. The lowest BCUT2D eigenvalue weighted by Crippen LogP contribution is -2.27. The van der Waals surface area contributed by atoms with Gasteiger partial charge in [0, 0.05) is 29.5 Å². The number of hydrogen-bond donors (Lipinski definition) is 3. The number of halogens is 1. The molecule has 3 N–H and O–H groups in total. The largest absolute Gasteiger partial charge is 0.493 e. The zero-order chi connectivity index (χ0) is 25.6. The fourth-order valence-corrected chi connectivity index (χ4v) is 4.57. The van der Waals surface area contributed by atoms with Gasteiger partial charge in [-0.2, -0.15) is 10.1 Å². The molecule has 0 atom stereocenters. The molecule has 0 aliphatic heterocycles. The highest BCUT2D eigenvalue weighted by Gasteiger charge is 2.18. The summed E-state index contributed by atoms with van der Waals surface area (Å²) in [6, 6.07) is 13.9. The molecular formula is C25H21FN6O4S. The van der Waals surface area contributed by atoms with Crippen LogP contribution in [0.5, 0.6) is 11.8 Å². The number of hydrogen-bond acceptors (Lipinski definition) is 8. The highest BCUT2D eigenvalue weighted by atomic mass is 32.1. The van der Waals surface area contributed by atoms with Crippen LogP contribution >= 0.6 is 11.3 Å². The molecule has 0 saturated heterocycles. The van der Waals surface area contributed by atoms with Crippen LogP contribution in [0.3, 0.4) is 0 Å². The molecule has 3 aromatic heterocycles. The molecule has 0 unspecified atom stereocenters. The first-order valence-electron chi connectivity index (χ1n) is 11.3. The average Bonchev–Trinajstić information content (AvgIpc) is 3.58. The van der Waals surface area contributed by atoms with E-state index in [2.05, 4.69) is 30.5 Å². The summed E-state index contributed by atoms with van der Waals surface area (Å²) in [5.41, 5.74) is 1.06. The standard InChI is InChI=1S/C25H21FN6O4S/c26-19-8-2-1-7-17(19)18-13-37-24-20(18)22(33)30-21(31-24)23(34)27-12-15-5-3-6-16(11-15)35-9-4-10-36-25-28-14-29-32-25/h1-3,5-8,11,13-14H,4,9-10,12H2,(H,27,34)(H,28,29,32)(H,30,31,33). The molecule has 37 heavy (non-hydrogen) atoms. The van der Waals surface area contributed by atoms with Crippen molar-refractivity contribution < 1.29 is 18.7 Å². The van der Waals surface area contributed by atoms with E-state index in [4.69, 9.17) is 9.47 Å². The lowest BCUT2D eigenvalue weighted by atomic mass is 10.1. The van der Waals surface area contributed by atoms with Gasteiger partial charge in [0.15, 0.2) is 0 Å². The number of thiophene rings is 1. The average molecular weight is 521 g/mol. The number of rotatable bonds is 10. The molecule has 0 aliphatic carbocycles. The van der Waals surface area contributed by atoms with E-state index in [1.165, 1.54) is 23.7 Å². The molecule has 1 amide bonds. The summed E-state index contributed by atoms with van der Waals surface area (Å²) in [6.45, 7) is 1.06. The van der Waals surface area contributed by atoms with Crippen LogP contribution in [0.4, 0.5) is 4.39 Å². The van der Waals surface area contributed by atoms with E-state index in [0.29, 0.717) is 47.4 Å². The third-order valence-electron chi connectivity index (χ3n) is 5.36. The fraction of sp³-hybridized carbons (Fsp3) is 0.160. The molecule has 5 rings (SSSR count). The Kier molecular flexibility index (Phi) is 7.17. The van der Waals surface area contributed by atoms with Gasteiger partial charge < -0.3 is 19.8 Å². The highest BCUT2D eigenvalue weighted by molar-refractivity contribution is 7.17. The van der Waals surface area contributed by atoms with E-state index in [0.717, 1.165) is 5.56 Å². The minimum Gasteiger partial charge on any atom is -0.493 e. The number of aromatic amines is 2. The molecule has 0 bridgehead atoms. The van der Waals surface area contributed by atoms with E-state index in [1.54, 1.807) is 23.6 Å². The van der Waals surface area contributed by atoms with Crippen molar-refractivity contribution in [1.82, 2.24) is 30.5 Å². The number of benzene rings is 2. The molecule has 10 nitrogen and oxygen atoms in total. The molecule has 2 aromatic carbocycles. The Balaban J connectivity index is 1.19. The zero-order valence-electron chi connectivity index (χ0n) is 19.4. The van der Waals surface area contributed by atoms with E-state index >= 15 is 0 Å². The first-order valence-corrected chi connectivity index (χ1v) is 12.2. The van der Waals surface area contributed by atoms with Crippen molar-refractivity contribution in [3.8, 4) is 22.9 Å². The second-order valence-corrected chi connectivity index (χ2v) is 8.75. The van der Waals surface area contributed by atoms with Crippen molar-refractivity contribution in [3.05, 3.63) is 87.8 Å². The summed E-state index contributed by atoms with van der Waals surface area (Å²) in [7, 11) is 0. The molecule has 0 spiro atoms. The van der Waals surface area contributed by atoms with Gasteiger partial charge in [-0.15, -0.1) is 11.3 Å². The van der Waals surface area contributed by atoms with Crippen LogP contribution in [0, 0.1) is 5.82 Å². The Morgan fingerprint density at radius 3 is 2.78 bits per heavy atom. The van der Waals surface area contributed by atoms with Gasteiger partial charge in [0.2, 0.25) is 5.82 Å². The summed E-state index contributed by atoms with van der Waals surface area (Å²) in [5.74, 6) is -0.428. The number of carbonyl (C=O) groups is 1. The number of H-pyrrole nitrogens is 2. The Morgan fingerprint density at radius 1 is 1.08 bits per heavy atom. The van der Waals surface area contributed by atoms with Gasteiger partial charge in [0.1, 0.15) is 22.7 Å². The summed E-state index contributed by atoms with van der Waals surface area (Å²) in [6.07, 6.45) is 2.01. The normalized spacial score (nSPS) is 10.9. The van der Waals surface area contributed by atoms with Crippen LogP contribution in [0.1, 0.15) is 22.6 Å². The van der Waals surface area contributed by atoms with Gasteiger partial charge in [0.05, 0.1) is 18.6 Å². The smallest absolute Gasteiger partial charge is 0.312 e. The third kappa shape index (κ3) is 5.64. The Hall–Kier alpha value is -4.58. The minimum absolute atomic E-state index is 0.112. The van der Waals surface area contributed by atoms with Gasteiger partial charge in [-0.25, -0.2) is 14.5 Å².